The average Bonchev–Trinajstić information content (AvgIpc) is 3.51. The van der Waals surface area contributed by atoms with Crippen molar-refractivity contribution < 1.29 is 0 Å². The number of nitrogens with zero attached hydrogens (tertiary/aromatic N) is 5. The lowest BCUT2D eigenvalue weighted by Gasteiger charge is -2.57. The summed E-state index contributed by atoms with van der Waals surface area (Å²) in [6, 6.07) is 34.8. The highest BCUT2D eigenvalue weighted by Gasteiger charge is 2.56. The summed E-state index contributed by atoms with van der Waals surface area (Å²) >= 11 is 0. The zero-order valence-corrected chi connectivity index (χ0v) is 30.3. The van der Waals surface area contributed by atoms with Crippen molar-refractivity contribution in [2.45, 2.75) is 87.9 Å². The molecule has 0 N–H and O–H groups in total. The zero-order chi connectivity index (χ0) is 34.9. The van der Waals surface area contributed by atoms with Crippen molar-refractivity contribution in [1.82, 2.24) is 19.5 Å². The largest absolute Gasteiger partial charge is 0.309 e. The van der Waals surface area contributed by atoms with Crippen LogP contribution in [-0.2, 0) is 10.8 Å². The Labute approximate surface area is 311 Å². The topological polar surface area (TPSA) is 67.4 Å². The summed E-state index contributed by atoms with van der Waals surface area (Å²) in [5, 5.41) is 12.3. The Kier molecular flexibility index (Phi) is 6.42. The molecule has 5 nitrogen and oxygen atoms in total. The quantitative estimate of drug-likeness (QED) is 0.180. The Morgan fingerprint density at radius 3 is 1.53 bits per heavy atom. The van der Waals surface area contributed by atoms with E-state index in [0.717, 1.165) is 75.4 Å². The molecule has 14 rings (SSSR count). The molecule has 262 valence electrons. The van der Waals surface area contributed by atoms with Crippen LogP contribution in [0.1, 0.15) is 94.3 Å². The van der Waals surface area contributed by atoms with Crippen LogP contribution in [0.15, 0.2) is 91.0 Å². The van der Waals surface area contributed by atoms with E-state index in [0.29, 0.717) is 5.56 Å². The van der Waals surface area contributed by atoms with Crippen LogP contribution in [0.3, 0.4) is 0 Å². The molecule has 8 saturated carbocycles. The number of benzene rings is 4. The summed E-state index contributed by atoms with van der Waals surface area (Å²) < 4.78 is 2.44. The fourth-order valence-electron chi connectivity index (χ4n) is 13.8. The van der Waals surface area contributed by atoms with Gasteiger partial charge in [0, 0.05) is 27.2 Å². The Hall–Kier alpha value is -4.82. The second kappa shape index (κ2) is 11.1. The molecule has 2 heterocycles. The summed E-state index contributed by atoms with van der Waals surface area (Å²) in [5.74, 6) is 7.94. The smallest absolute Gasteiger partial charge is 0.165 e. The van der Waals surface area contributed by atoms with E-state index in [9.17, 15) is 5.26 Å². The molecule has 8 aliphatic rings. The van der Waals surface area contributed by atoms with Crippen molar-refractivity contribution in [3.8, 4) is 34.3 Å². The predicted molar refractivity (Wildman–Crippen MR) is 209 cm³/mol. The fourth-order valence-corrected chi connectivity index (χ4v) is 13.8. The van der Waals surface area contributed by atoms with Crippen molar-refractivity contribution in [3.05, 3.63) is 108 Å². The van der Waals surface area contributed by atoms with Crippen molar-refractivity contribution in [3.63, 3.8) is 0 Å². The van der Waals surface area contributed by atoms with Gasteiger partial charge in [0.1, 0.15) is 11.6 Å². The first-order chi connectivity index (χ1) is 26.0. The van der Waals surface area contributed by atoms with Crippen molar-refractivity contribution >= 4 is 21.8 Å². The van der Waals surface area contributed by atoms with Gasteiger partial charge in [0.15, 0.2) is 5.82 Å². The van der Waals surface area contributed by atoms with Gasteiger partial charge in [-0.2, -0.15) is 5.26 Å². The van der Waals surface area contributed by atoms with Gasteiger partial charge in [-0.25, -0.2) is 15.0 Å². The fraction of sp³-hybridized carbons (Fsp3) is 0.417. The standard InChI is InChI=1S/C48H45N5/c49-28-29-6-5-7-36(20-29)37-12-13-43(53-41-10-3-1-8-38(41)39-9-2-4-11-42(39)53)40(21-37)44-50-45(47-22-30-14-31(23-47)16-32(15-30)24-47)52-46(51-44)48-25-33-17-34(26-48)19-35(18-33)27-48/h1-13,20-21,30-35H,14-19,22-27H2. The van der Waals surface area contributed by atoms with Crippen LogP contribution in [0.2, 0.25) is 0 Å². The van der Waals surface area contributed by atoms with Gasteiger partial charge in [0.2, 0.25) is 0 Å². The van der Waals surface area contributed by atoms with E-state index >= 15 is 0 Å². The van der Waals surface area contributed by atoms with Crippen molar-refractivity contribution in [2.24, 2.45) is 35.5 Å². The zero-order valence-electron chi connectivity index (χ0n) is 30.3. The Bertz CT molecular complexity index is 2330. The highest BCUT2D eigenvalue weighted by atomic mass is 15.1. The molecule has 5 heteroatoms. The van der Waals surface area contributed by atoms with Crippen LogP contribution in [0.25, 0.3) is 50.0 Å². The van der Waals surface area contributed by atoms with E-state index < -0.39 is 0 Å². The normalized spacial score (nSPS) is 32.1. The van der Waals surface area contributed by atoms with Crippen LogP contribution in [-0.4, -0.2) is 19.5 Å². The van der Waals surface area contributed by atoms with Gasteiger partial charge in [-0.05, 0) is 160 Å². The van der Waals surface area contributed by atoms with Crippen molar-refractivity contribution in [2.75, 3.05) is 0 Å². The van der Waals surface area contributed by atoms with E-state index in [-0.39, 0.29) is 10.8 Å². The van der Waals surface area contributed by atoms with Gasteiger partial charge in [-0.3, -0.25) is 0 Å². The van der Waals surface area contributed by atoms with Crippen LogP contribution >= 0.6 is 0 Å². The third-order valence-electron chi connectivity index (χ3n) is 15.0. The predicted octanol–water partition coefficient (Wildman–Crippen LogP) is 11.1. The highest BCUT2D eigenvalue weighted by Crippen LogP contribution is 2.62. The number of para-hydroxylation sites is 2. The number of hydrogen-bond acceptors (Lipinski definition) is 4. The van der Waals surface area contributed by atoms with Gasteiger partial charge in [0.25, 0.3) is 0 Å². The van der Waals surface area contributed by atoms with Gasteiger partial charge >= 0.3 is 0 Å². The van der Waals surface area contributed by atoms with Gasteiger partial charge in [-0.15, -0.1) is 0 Å². The Balaban J connectivity index is 1.13. The molecular formula is C48H45N5. The first-order valence-corrected chi connectivity index (χ1v) is 20.4. The summed E-state index contributed by atoms with van der Waals surface area (Å²) in [5.41, 5.74) is 7.44. The molecule has 0 aliphatic heterocycles. The summed E-state index contributed by atoms with van der Waals surface area (Å²) in [6.07, 6.45) is 15.9. The Morgan fingerprint density at radius 1 is 0.528 bits per heavy atom. The molecule has 0 saturated heterocycles. The molecule has 0 unspecified atom stereocenters. The SMILES string of the molecule is N#Cc1cccc(-c2ccc(-n3c4ccccc4c4ccccc43)c(-c3nc(C45CC6CC(CC(C6)C4)C5)nc(C45CC6CC(CC(C6)C4)C5)n3)c2)c1. The van der Waals surface area contributed by atoms with Gasteiger partial charge < -0.3 is 4.57 Å². The minimum Gasteiger partial charge on any atom is -0.309 e. The number of aromatic nitrogens is 4. The maximum absolute atomic E-state index is 9.83. The van der Waals surface area contributed by atoms with Crippen molar-refractivity contribution in [1.29, 1.82) is 5.26 Å². The summed E-state index contributed by atoms with van der Waals surface area (Å²) in [7, 11) is 0. The minimum absolute atomic E-state index is 0.0647. The number of rotatable bonds is 5. The molecule has 0 radical (unpaired) electrons. The van der Waals surface area contributed by atoms with Crippen LogP contribution in [0, 0.1) is 46.8 Å². The molecule has 2 aromatic heterocycles. The molecule has 4 aromatic carbocycles. The molecule has 8 aliphatic carbocycles. The van der Waals surface area contributed by atoms with E-state index in [2.05, 4.69) is 83.4 Å². The molecule has 0 atom stereocenters. The van der Waals surface area contributed by atoms with Crippen LogP contribution in [0.4, 0.5) is 0 Å². The number of fused-ring (bicyclic) bond motifs is 3. The molecule has 53 heavy (non-hydrogen) atoms. The van der Waals surface area contributed by atoms with E-state index in [1.165, 1.54) is 98.9 Å². The van der Waals surface area contributed by atoms with Gasteiger partial charge in [0.05, 0.1) is 28.4 Å². The third-order valence-corrected chi connectivity index (χ3v) is 15.0. The monoisotopic (exact) mass is 691 g/mol. The van der Waals surface area contributed by atoms with E-state index in [1.54, 1.807) is 0 Å². The molecule has 8 fully saturated rings. The second-order valence-electron chi connectivity index (χ2n) is 18.5. The third kappa shape index (κ3) is 4.63. The average molecular weight is 692 g/mol. The van der Waals surface area contributed by atoms with E-state index in [1.807, 2.05) is 18.2 Å². The highest BCUT2D eigenvalue weighted by molar-refractivity contribution is 6.09. The number of hydrogen-bond donors (Lipinski definition) is 0. The molecule has 0 spiro atoms. The minimum atomic E-state index is 0.0647. The summed E-state index contributed by atoms with van der Waals surface area (Å²) in [4.78, 5) is 17.2. The van der Waals surface area contributed by atoms with Gasteiger partial charge in [-0.1, -0.05) is 54.6 Å². The molecule has 0 amide bonds. The van der Waals surface area contributed by atoms with Crippen LogP contribution < -0.4 is 0 Å². The maximum Gasteiger partial charge on any atom is 0.165 e. The Morgan fingerprint density at radius 2 is 1.02 bits per heavy atom. The first kappa shape index (κ1) is 30.6. The maximum atomic E-state index is 9.83. The molecule has 8 bridgehead atoms. The lowest BCUT2D eigenvalue weighted by molar-refractivity contribution is -0.0155. The molecule has 6 aromatic rings. The number of nitriles is 1. The molecular weight excluding hydrogens is 647 g/mol. The first-order valence-electron chi connectivity index (χ1n) is 20.4. The van der Waals surface area contributed by atoms with Crippen LogP contribution in [0.5, 0.6) is 0 Å². The summed E-state index contributed by atoms with van der Waals surface area (Å²) in [6.45, 7) is 0. The lowest BCUT2D eigenvalue weighted by atomic mass is 9.49. The lowest BCUT2D eigenvalue weighted by Crippen LogP contribution is -2.51. The second-order valence-corrected chi connectivity index (χ2v) is 18.5. The van der Waals surface area contributed by atoms with E-state index in [4.69, 9.17) is 15.0 Å².